The first kappa shape index (κ1) is 44.5. The smallest absolute Gasteiger partial charge is 0.318 e. The summed E-state index contributed by atoms with van der Waals surface area (Å²) in [5, 5.41) is 6.06. The zero-order valence-electron chi connectivity index (χ0n) is 37.9. The average molecular weight is 917 g/mol. The molecule has 0 spiro atoms. The lowest BCUT2D eigenvalue weighted by atomic mass is 10.0. The summed E-state index contributed by atoms with van der Waals surface area (Å²) in [6.07, 6.45) is 6.82. The number of imidazole rings is 2. The van der Waals surface area contributed by atoms with Crippen molar-refractivity contribution in [1.29, 1.82) is 0 Å². The monoisotopic (exact) mass is 916 g/mol. The molecule has 4 atom stereocenters. The van der Waals surface area contributed by atoms with Crippen molar-refractivity contribution in [3.63, 3.8) is 0 Å². The topological polar surface area (TPSA) is 181 Å². The van der Waals surface area contributed by atoms with Crippen LogP contribution in [0.3, 0.4) is 0 Å². The van der Waals surface area contributed by atoms with Crippen LogP contribution < -0.4 is 10.6 Å². The number of aromatic amines is 2. The summed E-state index contributed by atoms with van der Waals surface area (Å²) < 4.78 is 10.9. The Morgan fingerprint density at radius 2 is 0.868 bits per heavy atom. The number of nitrogens with one attached hydrogen (secondary N) is 4. The van der Waals surface area contributed by atoms with Crippen molar-refractivity contribution < 1.29 is 28.7 Å². The number of ether oxygens (including phenoxy) is 2. The number of morpholine rings is 2. The summed E-state index contributed by atoms with van der Waals surface area (Å²) in [6.45, 7) is 4.96. The molecule has 4 N–H and O–H groups in total. The summed E-state index contributed by atoms with van der Waals surface area (Å²) in [4.78, 5) is 78.9. The van der Waals surface area contributed by atoms with Crippen molar-refractivity contribution in [2.45, 2.75) is 49.9 Å². The van der Waals surface area contributed by atoms with Gasteiger partial charge in [0.25, 0.3) is 0 Å². The molecule has 16 nitrogen and oxygen atoms in total. The summed E-state index contributed by atoms with van der Waals surface area (Å²) in [5.74, 6) is 1.12. The Labute approximate surface area is 395 Å². The normalized spacial score (nSPS) is 19.4. The van der Waals surface area contributed by atoms with Crippen LogP contribution in [0.2, 0.25) is 0 Å². The van der Waals surface area contributed by atoms with Gasteiger partial charge in [-0.1, -0.05) is 109 Å². The fourth-order valence-corrected chi connectivity index (χ4v) is 9.78. The molecule has 0 radical (unpaired) electrons. The van der Waals surface area contributed by atoms with E-state index < -0.39 is 12.1 Å². The zero-order chi connectivity index (χ0) is 46.4. The number of nitrogens with zero attached hydrogens (tertiary/aromatic N) is 6. The molecular weight excluding hydrogens is 861 g/mol. The Morgan fingerprint density at radius 1 is 0.500 bits per heavy atom. The minimum atomic E-state index is -0.831. The van der Waals surface area contributed by atoms with Gasteiger partial charge >= 0.3 is 12.1 Å². The Bertz CT molecular complexity index is 2490. The second kappa shape index (κ2) is 20.3. The number of rotatable bonds is 11. The third-order valence-electron chi connectivity index (χ3n) is 13.5. The van der Waals surface area contributed by atoms with Crippen molar-refractivity contribution >= 4 is 23.9 Å². The second-order valence-electron chi connectivity index (χ2n) is 17.7. The molecule has 6 heterocycles. The maximum atomic E-state index is 14.3. The largest absolute Gasteiger partial charge is 0.378 e. The molecule has 4 aliphatic heterocycles. The fourth-order valence-electron chi connectivity index (χ4n) is 9.78. The van der Waals surface area contributed by atoms with Crippen molar-refractivity contribution in [2.75, 3.05) is 65.7 Å². The SMILES string of the molecule is O=C(NC(C(=O)N1CCCC1c1ncc(-c2ccc(-c3ccc(-c4cnc(C5CCCN5C(=O)C(NC(=O)N5CCOCC5)c5ccccc5)[nH]4)cc3)cc2)[nH]1)c1ccccc1)N1CCOCC1. The summed E-state index contributed by atoms with van der Waals surface area (Å²) >= 11 is 0. The van der Waals surface area contributed by atoms with E-state index in [-0.39, 0.29) is 36.0 Å². The highest BCUT2D eigenvalue weighted by atomic mass is 16.5. The average Bonchev–Trinajstić information content (AvgIpc) is 4.26. The second-order valence-corrected chi connectivity index (χ2v) is 17.7. The number of carbonyl (C=O) groups excluding carboxylic acids is 4. The van der Waals surface area contributed by atoms with Crippen LogP contribution in [-0.4, -0.2) is 129 Å². The van der Waals surface area contributed by atoms with Gasteiger partial charge in [0.05, 0.1) is 62.3 Å². The predicted molar refractivity (Wildman–Crippen MR) is 255 cm³/mol. The van der Waals surface area contributed by atoms with E-state index in [1.807, 2.05) is 82.9 Å². The van der Waals surface area contributed by atoms with Gasteiger partial charge in [0, 0.05) is 39.3 Å². The third kappa shape index (κ3) is 9.60. The van der Waals surface area contributed by atoms with E-state index in [0.29, 0.717) is 65.7 Å². The number of hydrogen-bond donors (Lipinski definition) is 4. The van der Waals surface area contributed by atoms with Gasteiger partial charge in [-0.15, -0.1) is 0 Å². The molecule has 0 aliphatic carbocycles. The Hall–Kier alpha value is -7.30. The number of amides is 6. The van der Waals surface area contributed by atoms with Crippen molar-refractivity contribution in [2.24, 2.45) is 0 Å². The van der Waals surface area contributed by atoms with Gasteiger partial charge < -0.3 is 49.7 Å². The molecule has 0 bridgehead atoms. The molecule has 6 amide bonds. The Kier molecular flexibility index (Phi) is 13.3. The minimum Gasteiger partial charge on any atom is -0.378 e. The van der Waals surface area contributed by atoms with Gasteiger partial charge in [-0.2, -0.15) is 0 Å². The molecule has 4 fully saturated rings. The highest BCUT2D eigenvalue weighted by Gasteiger charge is 2.39. The first-order valence-electron chi connectivity index (χ1n) is 23.7. The molecule has 16 heteroatoms. The molecule has 6 aromatic rings. The van der Waals surface area contributed by atoms with E-state index in [2.05, 4.69) is 69.1 Å². The third-order valence-corrected chi connectivity index (χ3v) is 13.5. The van der Waals surface area contributed by atoms with Crippen LogP contribution in [0, 0.1) is 0 Å². The number of carbonyl (C=O) groups is 4. The number of H-pyrrole nitrogens is 2. The van der Waals surface area contributed by atoms with Crippen LogP contribution in [0.4, 0.5) is 9.59 Å². The Balaban J connectivity index is 0.790. The van der Waals surface area contributed by atoms with Gasteiger partial charge in [0.2, 0.25) is 11.8 Å². The summed E-state index contributed by atoms with van der Waals surface area (Å²) in [7, 11) is 0. The van der Waals surface area contributed by atoms with Gasteiger partial charge in [-0.3, -0.25) is 9.59 Å². The number of urea groups is 2. The predicted octanol–water partition coefficient (Wildman–Crippen LogP) is 7.03. The highest BCUT2D eigenvalue weighted by Crippen LogP contribution is 2.36. The van der Waals surface area contributed by atoms with Gasteiger partial charge in [0.1, 0.15) is 23.7 Å². The zero-order valence-corrected chi connectivity index (χ0v) is 37.9. The van der Waals surface area contributed by atoms with Crippen LogP contribution in [0.25, 0.3) is 33.6 Å². The van der Waals surface area contributed by atoms with Gasteiger partial charge in [0.15, 0.2) is 0 Å². The maximum Gasteiger partial charge on any atom is 0.318 e. The molecule has 2 aromatic heterocycles. The van der Waals surface area contributed by atoms with Crippen LogP contribution in [0.1, 0.15) is 72.6 Å². The summed E-state index contributed by atoms with van der Waals surface area (Å²) in [5.41, 5.74) is 7.23. The lowest BCUT2D eigenvalue weighted by Gasteiger charge is -2.32. The fraction of sp³-hybridized carbons (Fsp3) is 0.346. The molecule has 4 saturated heterocycles. The standard InChI is InChI=1S/C52H56N10O6/c63-49(45(39-9-3-1-4-10-39)57-51(65)59-25-29-67-30-26-59)61-23-7-13-43(61)47-53-33-41(55-47)37-19-15-35(16-20-37)36-17-21-38(22-18-36)42-34-54-48(56-42)44-14-8-24-62(44)50(64)46(40-11-5-2-6-12-40)58-52(66)60-27-31-68-32-28-60/h1-6,9-12,15-22,33-34,43-46H,7-8,13-14,23-32H2,(H,53,55)(H,54,56)(H,57,65)(H,58,66). The molecule has 4 aliphatic rings. The number of likely N-dealkylation sites (tertiary alicyclic amines) is 2. The summed E-state index contributed by atoms with van der Waals surface area (Å²) in [6, 6.07) is 32.7. The molecule has 4 unspecified atom stereocenters. The van der Waals surface area contributed by atoms with E-state index in [9.17, 15) is 19.2 Å². The van der Waals surface area contributed by atoms with Crippen LogP contribution in [0.15, 0.2) is 122 Å². The van der Waals surface area contributed by atoms with E-state index in [4.69, 9.17) is 19.4 Å². The van der Waals surface area contributed by atoms with E-state index in [1.165, 1.54) is 0 Å². The first-order chi connectivity index (χ1) is 33.4. The molecule has 350 valence electrons. The highest BCUT2D eigenvalue weighted by molar-refractivity contribution is 5.90. The first-order valence-corrected chi connectivity index (χ1v) is 23.7. The van der Waals surface area contributed by atoms with Crippen LogP contribution >= 0.6 is 0 Å². The van der Waals surface area contributed by atoms with Crippen LogP contribution in [0.5, 0.6) is 0 Å². The van der Waals surface area contributed by atoms with Gasteiger partial charge in [-0.25, -0.2) is 19.6 Å². The van der Waals surface area contributed by atoms with Crippen molar-refractivity contribution in [3.05, 3.63) is 144 Å². The quantitative estimate of drug-likeness (QED) is 0.107. The molecule has 68 heavy (non-hydrogen) atoms. The number of hydrogen-bond acceptors (Lipinski definition) is 8. The lowest BCUT2D eigenvalue weighted by Crippen LogP contribution is -2.50. The molecular formula is C52H56N10O6. The minimum absolute atomic E-state index is 0.158. The van der Waals surface area contributed by atoms with Crippen molar-refractivity contribution in [3.8, 4) is 33.6 Å². The van der Waals surface area contributed by atoms with Gasteiger partial charge in [-0.05, 0) is 59.1 Å². The molecule has 4 aromatic carbocycles. The maximum absolute atomic E-state index is 14.3. The molecule has 0 saturated carbocycles. The molecule has 10 rings (SSSR count). The lowest BCUT2D eigenvalue weighted by molar-refractivity contribution is -0.135. The van der Waals surface area contributed by atoms with E-state index >= 15 is 0 Å². The number of aromatic nitrogens is 4. The van der Waals surface area contributed by atoms with E-state index in [0.717, 1.165) is 82.1 Å². The number of benzene rings is 4. The van der Waals surface area contributed by atoms with E-state index in [1.54, 1.807) is 9.80 Å². The Morgan fingerprint density at radius 3 is 1.25 bits per heavy atom. The van der Waals surface area contributed by atoms with Crippen LogP contribution in [-0.2, 0) is 19.1 Å². The van der Waals surface area contributed by atoms with Crippen molar-refractivity contribution in [1.82, 2.24) is 50.2 Å².